The first-order valence-electron chi connectivity index (χ1n) is 7.61. The standard InChI is InChI=1S/C17H20ClN3O/c1-20-10-13(9-19-20)11-21-7-3-5-15(12-21)17(22)14-4-2-6-16(18)8-14/h2,4,6,8-10,15H,3,5,7,11-12H2,1H3. The van der Waals surface area contributed by atoms with Crippen LogP contribution in [0.25, 0.3) is 0 Å². The zero-order valence-corrected chi connectivity index (χ0v) is 13.5. The van der Waals surface area contributed by atoms with Gasteiger partial charge in [-0.25, -0.2) is 0 Å². The highest BCUT2D eigenvalue weighted by molar-refractivity contribution is 6.31. The summed E-state index contributed by atoms with van der Waals surface area (Å²) in [7, 11) is 1.92. The molecule has 1 aliphatic heterocycles. The second kappa shape index (κ2) is 6.63. The summed E-state index contributed by atoms with van der Waals surface area (Å²) < 4.78 is 1.81. The van der Waals surface area contributed by atoms with Crippen LogP contribution in [0.2, 0.25) is 5.02 Å². The van der Waals surface area contributed by atoms with E-state index in [1.807, 2.05) is 36.3 Å². The molecular weight excluding hydrogens is 298 g/mol. The quantitative estimate of drug-likeness (QED) is 0.813. The monoisotopic (exact) mass is 317 g/mol. The maximum atomic E-state index is 12.7. The molecule has 3 rings (SSSR count). The molecule has 0 spiro atoms. The van der Waals surface area contributed by atoms with Gasteiger partial charge in [0.05, 0.1) is 6.20 Å². The van der Waals surface area contributed by atoms with Gasteiger partial charge in [0.1, 0.15) is 0 Å². The SMILES string of the molecule is Cn1cc(CN2CCCC(C(=O)c3cccc(Cl)c3)C2)cn1. The fraction of sp³-hybridized carbons (Fsp3) is 0.412. The molecule has 0 aliphatic carbocycles. The molecule has 5 heteroatoms. The number of halogens is 1. The molecule has 4 nitrogen and oxygen atoms in total. The smallest absolute Gasteiger partial charge is 0.167 e. The summed E-state index contributed by atoms with van der Waals surface area (Å²) in [5.74, 6) is 0.266. The number of aromatic nitrogens is 2. The van der Waals surface area contributed by atoms with E-state index in [-0.39, 0.29) is 11.7 Å². The van der Waals surface area contributed by atoms with E-state index in [1.54, 1.807) is 12.1 Å². The van der Waals surface area contributed by atoms with Gasteiger partial charge >= 0.3 is 0 Å². The Morgan fingerprint density at radius 2 is 2.32 bits per heavy atom. The second-order valence-electron chi connectivity index (χ2n) is 5.97. The Labute approximate surface area is 135 Å². The predicted molar refractivity (Wildman–Crippen MR) is 87.0 cm³/mol. The van der Waals surface area contributed by atoms with E-state index in [1.165, 1.54) is 5.56 Å². The number of aryl methyl sites for hydroxylation is 1. The van der Waals surface area contributed by atoms with Crippen LogP contribution in [0, 0.1) is 5.92 Å². The van der Waals surface area contributed by atoms with Crippen LogP contribution >= 0.6 is 11.6 Å². The van der Waals surface area contributed by atoms with Crippen LogP contribution in [-0.4, -0.2) is 33.6 Å². The van der Waals surface area contributed by atoms with E-state index in [4.69, 9.17) is 11.6 Å². The molecule has 1 fully saturated rings. The molecule has 0 saturated carbocycles. The van der Waals surface area contributed by atoms with E-state index in [0.29, 0.717) is 5.02 Å². The van der Waals surface area contributed by atoms with Crippen LogP contribution in [-0.2, 0) is 13.6 Å². The average molecular weight is 318 g/mol. The first-order chi connectivity index (χ1) is 10.6. The highest BCUT2D eigenvalue weighted by atomic mass is 35.5. The number of ketones is 1. The van der Waals surface area contributed by atoms with Crippen molar-refractivity contribution in [2.45, 2.75) is 19.4 Å². The van der Waals surface area contributed by atoms with Crippen molar-refractivity contribution < 1.29 is 4.79 Å². The lowest BCUT2D eigenvalue weighted by atomic mass is 9.90. The van der Waals surface area contributed by atoms with E-state index in [0.717, 1.165) is 38.0 Å². The van der Waals surface area contributed by atoms with Gasteiger partial charge in [-0.1, -0.05) is 23.7 Å². The van der Waals surface area contributed by atoms with Gasteiger partial charge in [-0.2, -0.15) is 5.10 Å². The number of Topliss-reactive ketones (excluding diaryl/α,β-unsaturated/α-hetero) is 1. The third-order valence-corrected chi connectivity index (χ3v) is 4.39. The Morgan fingerprint density at radius 3 is 3.05 bits per heavy atom. The summed E-state index contributed by atoms with van der Waals surface area (Å²) in [6.07, 6.45) is 5.93. The number of nitrogens with zero attached hydrogens (tertiary/aromatic N) is 3. The van der Waals surface area contributed by atoms with Crippen LogP contribution in [0.4, 0.5) is 0 Å². The fourth-order valence-electron chi connectivity index (χ4n) is 3.10. The van der Waals surface area contributed by atoms with Crippen molar-refractivity contribution >= 4 is 17.4 Å². The zero-order chi connectivity index (χ0) is 15.5. The molecule has 2 heterocycles. The van der Waals surface area contributed by atoms with E-state index in [2.05, 4.69) is 10.00 Å². The van der Waals surface area contributed by atoms with Gasteiger partial charge in [-0.3, -0.25) is 14.4 Å². The molecule has 2 aromatic rings. The number of carbonyl (C=O) groups excluding carboxylic acids is 1. The molecule has 1 atom stereocenters. The molecule has 116 valence electrons. The van der Waals surface area contributed by atoms with Crippen molar-refractivity contribution in [2.75, 3.05) is 13.1 Å². The molecule has 1 aromatic carbocycles. The fourth-order valence-corrected chi connectivity index (χ4v) is 3.29. The number of carbonyl (C=O) groups is 1. The van der Waals surface area contributed by atoms with Gasteiger partial charge in [0.25, 0.3) is 0 Å². The number of benzene rings is 1. The van der Waals surface area contributed by atoms with Crippen molar-refractivity contribution in [1.29, 1.82) is 0 Å². The Kier molecular flexibility index (Phi) is 4.60. The Morgan fingerprint density at radius 1 is 1.45 bits per heavy atom. The Bertz CT molecular complexity index is 667. The number of piperidine rings is 1. The van der Waals surface area contributed by atoms with Crippen molar-refractivity contribution in [3.8, 4) is 0 Å². The Balaban J connectivity index is 1.66. The lowest BCUT2D eigenvalue weighted by molar-refractivity contribution is 0.0811. The van der Waals surface area contributed by atoms with Crippen molar-refractivity contribution in [3.63, 3.8) is 0 Å². The Hall–Kier alpha value is -1.65. The van der Waals surface area contributed by atoms with Crippen LogP contribution < -0.4 is 0 Å². The van der Waals surface area contributed by atoms with E-state index < -0.39 is 0 Å². The summed E-state index contributed by atoms with van der Waals surface area (Å²) in [5, 5.41) is 4.82. The molecule has 1 aromatic heterocycles. The van der Waals surface area contributed by atoms with Crippen LogP contribution in [0.5, 0.6) is 0 Å². The second-order valence-corrected chi connectivity index (χ2v) is 6.41. The normalized spacial score (nSPS) is 19.3. The third-order valence-electron chi connectivity index (χ3n) is 4.15. The van der Waals surface area contributed by atoms with E-state index in [9.17, 15) is 4.79 Å². The molecule has 0 radical (unpaired) electrons. The minimum absolute atomic E-state index is 0.0592. The van der Waals surface area contributed by atoms with Gasteiger partial charge in [0, 0.05) is 48.4 Å². The highest BCUT2D eigenvalue weighted by Crippen LogP contribution is 2.23. The molecule has 0 amide bonds. The predicted octanol–water partition coefficient (Wildman–Crippen LogP) is 3.17. The van der Waals surface area contributed by atoms with Crippen molar-refractivity contribution in [3.05, 3.63) is 52.8 Å². The van der Waals surface area contributed by atoms with Gasteiger partial charge in [-0.05, 0) is 31.5 Å². The van der Waals surface area contributed by atoms with Crippen LogP contribution in [0.15, 0.2) is 36.7 Å². The molecule has 1 aliphatic rings. The highest BCUT2D eigenvalue weighted by Gasteiger charge is 2.26. The summed E-state index contributed by atoms with van der Waals surface area (Å²) >= 11 is 5.99. The molecular formula is C17H20ClN3O. The minimum atomic E-state index is 0.0592. The molecule has 1 saturated heterocycles. The molecule has 0 bridgehead atoms. The van der Waals surface area contributed by atoms with Gasteiger partial charge < -0.3 is 0 Å². The topological polar surface area (TPSA) is 38.1 Å². The third kappa shape index (κ3) is 3.57. The first kappa shape index (κ1) is 15.3. The van der Waals surface area contributed by atoms with Crippen molar-refractivity contribution in [1.82, 2.24) is 14.7 Å². The van der Waals surface area contributed by atoms with E-state index >= 15 is 0 Å². The summed E-state index contributed by atoms with van der Waals surface area (Å²) in [6, 6.07) is 7.26. The lowest BCUT2D eigenvalue weighted by Gasteiger charge is -2.31. The molecule has 22 heavy (non-hydrogen) atoms. The zero-order valence-electron chi connectivity index (χ0n) is 12.7. The largest absolute Gasteiger partial charge is 0.298 e. The summed E-state index contributed by atoms with van der Waals surface area (Å²) in [5.41, 5.74) is 1.92. The van der Waals surface area contributed by atoms with Gasteiger partial charge in [0.15, 0.2) is 5.78 Å². The summed E-state index contributed by atoms with van der Waals surface area (Å²) in [4.78, 5) is 15.0. The van der Waals surface area contributed by atoms with Gasteiger partial charge in [0.2, 0.25) is 0 Å². The van der Waals surface area contributed by atoms with Crippen molar-refractivity contribution in [2.24, 2.45) is 13.0 Å². The maximum Gasteiger partial charge on any atom is 0.167 e. The maximum absolute atomic E-state index is 12.7. The van der Waals surface area contributed by atoms with Crippen LogP contribution in [0.3, 0.4) is 0 Å². The number of hydrogen-bond acceptors (Lipinski definition) is 3. The van der Waals surface area contributed by atoms with Crippen LogP contribution in [0.1, 0.15) is 28.8 Å². The average Bonchev–Trinajstić information content (AvgIpc) is 2.92. The molecule has 1 unspecified atom stereocenters. The number of hydrogen-bond donors (Lipinski definition) is 0. The van der Waals surface area contributed by atoms with Gasteiger partial charge in [-0.15, -0.1) is 0 Å². The lowest BCUT2D eigenvalue weighted by Crippen LogP contribution is -2.38. The number of rotatable bonds is 4. The number of likely N-dealkylation sites (tertiary alicyclic amines) is 1. The molecule has 0 N–H and O–H groups in total. The summed E-state index contributed by atoms with van der Waals surface area (Å²) in [6.45, 7) is 2.70. The minimum Gasteiger partial charge on any atom is -0.298 e. The first-order valence-corrected chi connectivity index (χ1v) is 7.99.